The second-order valence-electron chi connectivity index (χ2n) is 7.09. The third-order valence-electron chi connectivity index (χ3n) is 3.94. The Kier molecular flexibility index (Phi) is 4.65. The van der Waals surface area contributed by atoms with E-state index < -0.39 is 5.60 Å². The molecule has 0 saturated heterocycles. The third-order valence-corrected chi connectivity index (χ3v) is 4.40. The summed E-state index contributed by atoms with van der Waals surface area (Å²) in [6.45, 7) is 8.81. The number of aryl methyl sites for hydroxylation is 1. The second kappa shape index (κ2) is 6.60. The predicted octanol–water partition coefficient (Wildman–Crippen LogP) is 5.13. The Balaban J connectivity index is 1.87. The van der Waals surface area contributed by atoms with Gasteiger partial charge in [-0.3, -0.25) is 0 Å². The molecule has 0 aromatic heterocycles. The summed E-state index contributed by atoms with van der Waals surface area (Å²) in [4.78, 5) is 14.3. The van der Waals surface area contributed by atoms with Crippen molar-refractivity contribution < 1.29 is 14.3 Å². The molecule has 0 bridgehead atoms. The molecule has 1 aliphatic rings. The third kappa shape index (κ3) is 3.74. The fourth-order valence-electron chi connectivity index (χ4n) is 2.74. The number of fused-ring (bicyclic) bond motifs is 1. The van der Waals surface area contributed by atoms with Crippen LogP contribution in [-0.2, 0) is 4.74 Å². The van der Waals surface area contributed by atoms with Crippen molar-refractivity contribution in [3.63, 3.8) is 0 Å². The van der Waals surface area contributed by atoms with Crippen molar-refractivity contribution in [1.82, 2.24) is 0 Å². The normalized spacial score (nSPS) is 13.9. The van der Waals surface area contributed by atoms with Crippen LogP contribution in [0.25, 0.3) is 0 Å². The Bertz CT molecular complexity index is 794. The summed E-state index contributed by atoms with van der Waals surface area (Å²) in [5.74, 6) is 0.393. The number of hydrogen-bond acceptors (Lipinski definition) is 4. The highest BCUT2D eigenvalue weighted by atomic mass is 35.5. The lowest BCUT2D eigenvalue weighted by atomic mass is 10.1. The second-order valence-corrected chi connectivity index (χ2v) is 7.47. The number of halogens is 1. The monoisotopic (exact) mass is 359 g/mol. The van der Waals surface area contributed by atoms with Crippen molar-refractivity contribution in [1.29, 1.82) is 0 Å². The highest BCUT2D eigenvalue weighted by molar-refractivity contribution is 6.33. The highest BCUT2D eigenvalue weighted by Crippen LogP contribution is 2.42. The Labute approximate surface area is 153 Å². The first-order valence-corrected chi connectivity index (χ1v) is 8.67. The zero-order valence-electron chi connectivity index (χ0n) is 14.9. The molecule has 0 N–H and O–H groups in total. The van der Waals surface area contributed by atoms with Crippen molar-refractivity contribution in [2.24, 2.45) is 0 Å². The van der Waals surface area contributed by atoms with E-state index in [1.807, 2.05) is 52.0 Å². The van der Waals surface area contributed by atoms with Gasteiger partial charge in [-0.25, -0.2) is 4.79 Å². The number of ether oxygens (including phenoxy) is 2. The summed E-state index contributed by atoms with van der Waals surface area (Å²) in [5, 5.41) is 0.646. The molecule has 5 heteroatoms. The van der Waals surface area contributed by atoms with E-state index in [1.165, 1.54) is 0 Å². The van der Waals surface area contributed by atoms with Crippen molar-refractivity contribution >= 4 is 28.9 Å². The van der Waals surface area contributed by atoms with Gasteiger partial charge in [0.05, 0.1) is 22.8 Å². The molecular formula is C20H22ClNO3. The molecular weight excluding hydrogens is 338 g/mol. The van der Waals surface area contributed by atoms with Gasteiger partial charge in [0, 0.05) is 5.69 Å². The van der Waals surface area contributed by atoms with Gasteiger partial charge in [0.1, 0.15) is 12.2 Å². The number of rotatable bonds is 2. The molecule has 0 radical (unpaired) electrons. The van der Waals surface area contributed by atoms with Crippen LogP contribution in [0.15, 0.2) is 36.4 Å². The summed E-state index contributed by atoms with van der Waals surface area (Å²) in [6.07, 6.45) is 0. The van der Waals surface area contributed by atoms with Crippen LogP contribution in [0.3, 0.4) is 0 Å². The minimum Gasteiger partial charge on any atom is -0.488 e. The molecule has 0 atom stereocenters. The lowest BCUT2D eigenvalue weighted by molar-refractivity contribution is 0.00695. The van der Waals surface area contributed by atoms with E-state index in [2.05, 4.69) is 4.90 Å². The zero-order valence-corrected chi connectivity index (χ0v) is 15.7. The molecule has 25 heavy (non-hydrogen) atoms. The average molecular weight is 360 g/mol. The van der Waals surface area contributed by atoms with Crippen LogP contribution in [0.1, 0.15) is 36.7 Å². The van der Waals surface area contributed by atoms with Gasteiger partial charge in [0.25, 0.3) is 0 Å². The summed E-state index contributed by atoms with van der Waals surface area (Å²) in [5.41, 5.74) is 2.94. The first-order valence-electron chi connectivity index (χ1n) is 8.29. The van der Waals surface area contributed by atoms with E-state index in [-0.39, 0.29) is 5.97 Å². The van der Waals surface area contributed by atoms with E-state index in [0.717, 1.165) is 23.5 Å². The van der Waals surface area contributed by atoms with Crippen LogP contribution < -0.4 is 9.64 Å². The maximum atomic E-state index is 12.2. The van der Waals surface area contributed by atoms with Gasteiger partial charge in [-0.2, -0.15) is 0 Å². The van der Waals surface area contributed by atoms with Crippen LogP contribution >= 0.6 is 11.6 Å². The largest absolute Gasteiger partial charge is 0.488 e. The highest BCUT2D eigenvalue weighted by Gasteiger charge is 2.23. The summed E-state index contributed by atoms with van der Waals surface area (Å²) in [7, 11) is 0. The molecule has 0 amide bonds. The number of benzene rings is 2. The van der Waals surface area contributed by atoms with Gasteiger partial charge in [-0.05, 0) is 63.6 Å². The van der Waals surface area contributed by atoms with Crippen molar-refractivity contribution in [3.8, 4) is 5.75 Å². The number of anilines is 2. The molecule has 0 spiro atoms. The molecule has 1 heterocycles. The molecule has 0 fully saturated rings. The average Bonchev–Trinajstić information content (AvgIpc) is 2.56. The molecule has 4 nitrogen and oxygen atoms in total. The lowest BCUT2D eigenvalue weighted by Gasteiger charge is -2.32. The topological polar surface area (TPSA) is 38.8 Å². The van der Waals surface area contributed by atoms with Crippen molar-refractivity contribution in [2.45, 2.75) is 33.3 Å². The van der Waals surface area contributed by atoms with Gasteiger partial charge in [0.2, 0.25) is 0 Å². The molecule has 0 aliphatic carbocycles. The maximum Gasteiger partial charge on any atom is 0.338 e. The SMILES string of the molecule is Cc1ccc2c(c1Cl)OCCN2c1ccc(C(=O)OC(C)(C)C)cc1. The van der Waals surface area contributed by atoms with E-state index in [1.54, 1.807) is 12.1 Å². The number of esters is 1. The minimum atomic E-state index is -0.506. The molecule has 2 aromatic rings. The molecule has 2 aromatic carbocycles. The summed E-state index contributed by atoms with van der Waals surface area (Å²) >= 11 is 6.38. The Hall–Kier alpha value is -2.20. The van der Waals surface area contributed by atoms with Gasteiger partial charge in [-0.15, -0.1) is 0 Å². The fourth-order valence-corrected chi connectivity index (χ4v) is 2.95. The van der Waals surface area contributed by atoms with Gasteiger partial charge in [0.15, 0.2) is 5.75 Å². The fraction of sp³-hybridized carbons (Fsp3) is 0.350. The lowest BCUT2D eigenvalue weighted by Crippen LogP contribution is -2.29. The molecule has 132 valence electrons. The first kappa shape index (κ1) is 17.6. The van der Waals surface area contributed by atoms with E-state index in [0.29, 0.717) is 22.9 Å². The predicted molar refractivity (Wildman–Crippen MR) is 100 cm³/mol. The maximum absolute atomic E-state index is 12.2. The Morgan fingerprint density at radius 3 is 2.48 bits per heavy atom. The molecule has 0 saturated carbocycles. The first-order chi connectivity index (χ1) is 11.8. The van der Waals surface area contributed by atoms with Crippen LogP contribution in [0.4, 0.5) is 11.4 Å². The number of nitrogens with zero attached hydrogens (tertiary/aromatic N) is 1. The molecule has 3 rings (SSSR count). The minimum absolute atomic E-state index is 0.319. The van der Waals surface area contributed by atoms with E-state index >= 15 is 0 Å². The molecule has 1 aliphatic heterocycles. The van der Waals surface area contributed by atoms with E-state index in [4.69, 9.17) is 21.1 Å². The summed E-state index contributed by atoms with van der Waals surface area (Å²) in [6, 6.07) is 11.4. The quantitative estimate of drug-likeness (QED) is 0.696. The van der Waals surface area contributed by atoms with Gasteiger partial charge < -0.3 is 14.4 Å². The Morgan fingerprint density at radius 1 is 1.16 bits per heavy atom. The van der Waals surface area contributed by atoms with E-state index in [9.17, 15) is 4.79 Å². The Morgan fingerprint density at radius 2 is 1.84 bits per heavy atom. The van der Waals surface area contributed by atoms with Crippen molar-refractivity contribution in [2.75, 3.05) is 18.1 Å². The number of carbonyl (C=O) groups is 1. The molecule has 0 unspecified atom stereocenters. The summed E-state index contributed by atoms with van der Waals surface area (Å²) < 4.78 is 11.2. The van der Waals surface area contributed by atoms with Crippen LogP contribution in [0.2, 0.25) is 5.02 Å². The van der Waals surface area contributed by atoms with Crippen molar-refractivity contribution in [3.05, 3.63) is 52.5 Å². The van der Waals surface area contributed by atoms with Gasteiger partial charge in [-0.1, -0.05) is 17.7 Å². The van der Waals surface area contributed by atoms with Crippen LogP contribution in [0.5, 0.6) is 5.75 Å². The smallest absolute Gasteiger partial charge is 0.338 e. The van der Waals surface area contributed by atoms with Crippen LogP contribution in [-0.4, -0.2) is 24.7 Å². The number of hydrogen-bond donors (Lipinski definition) is 0. The van der Waals surface area contributed by atoms with Gasteiger partial charge >= 0.3 is 5.97 Å². The number of carbonyl (C=O) groups excluding carboxylic acids is 1. The zero-order chi connectivity index (χ0) is 18.2. The van der Waals surface area contributed by atoms with Crippen LogP contribution in [0, 0.1) is 6.92 Å². The standard InChI is InChI=1S/C20H22ClNO3/c1-13-5-10-16-18(17(13)21)24-12-11-22(16)15-8-6-14(7-9-15)19(23)25-20(2,3)4/h5-10H,11-12H2,1-4H3.